The molecule has 1 saturated heterocycles. The number of alkyl halides is 1. The van der Waals surface area contributed by atoms with Crippen LogP contribution in [0.2, 0.25) is 0 Å². The molecule has 3 aromatic heterocycles. The molecule has 1 aliphatic heterocycles. The summed E-state index contributed by atoms with van der Waals surface area (Å²) in [5, 5.41) is 18.4. The molecule has 42 heavy (non-hydrogen) atoms. The Hall–Kier alpha value is -5.19. The van der Waals surface area contributed by atoms with Crippen LogP contribution in [-0.4, -0.2) is 66.2 Å². The van der Waals surface area contributed by atoms with Crippen LogP contribution in [0.25, 0.3) is 33.2 Å². The van der Waals surface area contributed by atoms with Crippen LogP contribution in [0.1, 0.15) is 29.4 Å². The fraction of sp³-hybridized carbons (Fsp3) is 0.226. The summed E-state index contributed by atoms with van der Waals surface area (Å²) in [5.74, 6) is -0.765. The van der Waals surface area contributed by atoms with Crippen LogP contribution in [0.3, 0.4) is 0 Å². The average Bonchev–Trinajstić information content (AvgIpc) is 3.68. The minimum atomic E-state index is -1.34. The summed E-state index contributed by atoms with van der Waals surface area (Å²) in [6.45, 7) is 2.96. The smallest absolute Gasteiger partial charge is 0.248 e. The summed E-state index contributed by atoms with van der Waals surface area (Å²) in [6, 6.07) is 15.9. The number of hydrogen-bond donors (Lipinski definition) is 2. The van der Waals surface area contributed by atoms with Gasteiger partial charge in [0.05, 0.1) is 18.9 Å². The van der Waals surface area contributed by atoms with Gasteiger partial charge in [0.2, 0.25) is 11.8 Å². The molecule has 1 fully saturated rings. The molecule has 2 atom stereocenters. The third-order valence-corrected chi connectivity index (χ3v) is 7.61. The van der Waals surface area contributed by atoms with E-state index in [4.69, 9.17) is 0 Å². The third-order valence-electron chi connectivity index (χ3n) is 7.61. The number of aromatic amines is 1. The maximum atomic E-state index is 14.7. The Balaban J connectivity index is 1.25. The van der Waals surface area contributed by atoms with Crippen molar-refractivity contribution in [3.05, 3.63) is 84.4 Å². The molecular weight excluding hydrogens is 537 g/mol. The Labute approximate surface area is 240 Å². The molecule has 10 nitrogen and oxygen atoms in total. The molecule has 4 heterocycles. The highest BCUT2D eigenvalue weighted by molar-refractivity contribution is 6.08. The van der Waals surface area contributed by atoms with Crippen molar-refractivity contribution in [2.24, 2.45) is 0 Å². The van der Waals surface area contributed by atoms with Crippen LogP contribution >= 0.6 is 0 Å². The molecule has 2 N–H and O–H groups in total. The highest BCUT2D eigenvalue weighted by Crippen LogP contribution is 2.31. The normalized spacial score (nSPS) is 16.6. The van der Waals surface area contributed by atoms with Crippen molar-refractivity contribution < 1.29 is 18.8 Å². The van der Waals surface area contributed by atoms with E-state index in [0.29, 0.717) is 22.3 Å². The molecule has 0 bridgehead atoms. The van der Waals surface area contributed by atoms with Gasteiger partial charge in [-0.2, -0.15) is 15.3 Å². The van der Waals surface area contributed by atoms with E-state index < -0.39 is 24.0 Å². The topological polar surface area (TPSA) is 126 Å². The zero-order chi connectivity index (χ0) is 29.4. The molecule has 5 aromatic rings. The highest BCUT2D eigenvalue weighted by Gasteiger charge is 2.40. The van der Waals surface area contributed by atoms with Gasteiger partial charge < -0.3 is 14.8 Å². The van der Waals surface area contributed by atoms with Crippen molar-refractivity contribution in [3.8, 4) is 22.3 Å². The number of benzene rings is 2. The van der Waals surface area contributed by atoms with Crippen LogP contribution < -0.4 is 5.32 Å². The first-order valence-electron chi connectivity index (χ1n) is 13.6. The monoisotopic (exact) mass is 565 g/mol. The summed E-state index contributed by atoms with van der Waals surface area (Å²) in [6.07, 6.45) is 3.40. The van der Waals surface area contributed by atoms with Gasteiger partial charge in [-0.3, -0.25) is 19.5 Å². The van der Waals surface area contributed by atoms with Gasteiger partial charge in [-0.1, -0.05) is 36.4 Å². The fourth-order valence-corrected chi connectivity index (χ4v) is 5.57. The van der Waals surface area contributed by atoms with Crippen LogP contribution in [-0.2, 0) is 16.1 Å². The molecule has 0 spiro atoms. The number of carbonyl (C=O) groups is 3. The van der Waals surface area contributed by atoms with Crippen molar-refractivity contribution in [3.63, 3.8) is 0 Å². The predicted octanol–water partition coefficient (Wildman–Crippen LogP) is 4.58. The molecular formula is C31H28FN7O3. The third kappa shape index (κ3) is 5.05. The van der Waals surface area contributed by atoms with Gasteiger partial charge in [0, 0.05) is 45.9 Å². The number of aryl methyl sites for hydroxylation is 1. The molecule has 212 valence electrons. The van der Waals surface area contributed by atoms with E-state index in [1.165, 1.54) is 11.8 Å². The Morgan fingerprint density at radius 1 is 1.05 bits per heavy atom. The van der Waals surface area contributed by atoms with Gasteiger partial charge >= 0.3 is 0 Å². The number of aromatic nitrogens is 5. The van der Waals surface area contributed by atoms with E-state index in [2.05, 4.69) is 25.7 Å². The Morgan fingerprint density at radius 3 is 2.60 bits per heavy atom. The number of hydrogen-bond acceptors (Lipinski definition) is 6. The molecule has 1 aliphatic rings. The lowest BCUT2D eigenvalue weighted by molar-refractivity contribution is -0.137. The van der Waals surface area contributed by atoms with E-state index in [0.717, 1.165) is 27.9 Å². The van der Waals surface area contributed by atoms with E-state index in [1.54, 1.807) is 23.2 Å². The average molecular weight is 566 g/mol. The minimum absolute atomic E-state index is 0.115. The predicted molar refractivity (Wildman–Crippen MR) is 155 cm³/mol. The van der Waals surface area contributed by atoms with E-state index in [9.17, 15) is 18.8 Å². The summed E-state index contributed by atoms with van der Waals surface area (Å²) in [5.41, 5.74) is 5.19. The Kier molecular flexibility index (Phi) is 7.07. The van der Waals surface area contributed by atoms with Crippen LogP contribution in [0.4, 0.5) is 10.2 Å². The van der Waals surface area contributed by atoms with Gasteiger partial charge in [0.15, 0.2) is 11.6 Å². The lowest BCUT2D eigenvalue weighted by atomic mass is 10.0. The first-order valence-corrected chi connectivity index (χ1v) is 13.6. The first-order chi connectivity index (χ1) is 20.3. The van der Waals surface area contributed by atoms with Crippen LogP contribution in [0.5, 0.6) is 0 Å². The fourth-order valence-electron chi connectivity index (χ4n) is 5.57. The number of carbonyl (C=O) groups excluding carboxylic acids is 3. The van der Waals surface area contributed by atoms with E-state index >= 15 is 0 Å². The summed E-state index contributed by atoms with van der Waals surface area (Å²) in [4.78, 5) is 40.8. The number of nitrogens with zero attached hydrogens (tertiary/aromatic N) is 5. The van der Waals surface area contributed by atoms with Crippen LogP contribution in [0, 0.1) is 6.92 Å². The zero-order valence-corrected chi connectivity index (χ0v) is 23.0. The number of fused-ring (bicyclic) bond motifs is 1. The van der Waals surface area contributed by atoms with Gasteiger partial charge in [0.1, 0.15) is 18.8 Å². The summed E-state index contributed by atoms with van der Waals surface area (Å²) >= 11 is 0. The SMILES string of the molecule is CC(=O)c1cn(CC(=O)N2CC(F)C[C@H]2C(=O)Nc2n[nH]c(C)c2-c2ccccc2)c2ccc(-c3ccnnc3)cc12. The molecule has 1 unspecified atom stereocenters. The summed E-state index contributed by atoms with van der Waals surface area (Å²) < 4.78 is 16.4. The van der Waals surface area contributed by atoms with Crippen LogP contribution in [0.15, 0.2) is 73.2 Å². The number of amides is 2. The quantitative estimate of drug-likeness (QED) is 0.278. The highest BCUT2D eigenvalue weighted by atomic mass is 19.1. The number of anilines is 1. The second-order valence-corrected chi connectivity index (χ2v) is 10.4. The lowest BCUT2D eigenvalue weighted by Gasteiger charge is -2.24. The number of nitrogens with one attached hydrogen (secondary N) is 2. The molecule has 0 saturated carbocycles. The van der Waals surface area contributed by atoms with Gasteiger partial charge in [-0.05, 0) is 43.2 Å². The Morgan fingerprint density at radius 2 is 1.86 bits per heavy atom. The van der Waals surface area contributed by atoms with Gasteiger partial charge in [-0.25, -0.2) is 4.39 Å². The largest absolute Gasteiger partial charge is 0.337 e. The molecule has 0 aliphatic carbocycles. The first kappa shape index (κ1) is 27.0. The van der Waals surface area contributed by atoms with Crippen molar-refractivity contribution in [1.29, 1.82) is 0 Å². The number of H-pyrrole nitrogens is 1. The second-order valence-electron chi connectivity index (χ2n) is 10.4. The van der Waals surface area contributed by atoms with E-state index in [1.807, 2.05) is 61.5 Å². The zero-order valence-electron chi connectivity index (χ0n) is 23.0. The molecule has 6 rings (SSSR count). The van der Waals surface area contributed by atoms with Crippen molar-refractivity contribution in [2.45, 2.75) is 39.0 Å². The summed E-state index contributed by atoms with van der Waals surface area (Å²) in [7, 11) is 0. The van der Waals surface area contributed by atoms with Crippen molar-refractivity contribution in [1.82, 2.24) is 29.9 Å². The maximum absolute atomic E-state index is 14.7. The van der Waals surface area contributed by atoms with Gasteiger partial charge in [0.25, 0.3) is 0 Å². The molecule has 2 aromatic carbocycles. The second kappa shape index (κ2) is 11.0. The van der Waals surface area contributed by atoms with Gasteiger partial charge in [-0.15, -0.1) is 0 Å². The lowest BCUT2D eigenvalue weighted by Crippen LogP contribution is -2.44. The van der Waals surface area contributed by atoms with E-state index in [-0.39, 0.29) is 25.3 Å². The molecule has 2 amide bonds. The van der Waals surface area contributed by atoms with Crippen molar-refractivity contribution >= 4 is 34.3 Å². The number of likely N-dealkylation sites (tertiary alicyclic amines) is 1. The maximum Gasteiger partial charge on any atom is 0.248 e. The Bertz CT molecular complexity index is 1800. The minimum Gasteiger partial charge on any atom is -0.337 e. The number of rotatable bonds is 7. The molecule has 0 radical (unpaired) electrons. The number of halogens is 1. The number of Topliss-reactive ketones (excluding diaryl/α,β-unsaturated/α-hetero) is 1. The number of ketones is 1. The molecule has 11 heteroatoms. The standard InChI is InChI=1S/C31H28FN7O3/c1-18-29(20-6-4-3-5-7-20)30(37-36-18)35-31(42)27-13-23(32)15-39(27)28(41)17-38-16-25(19(2)40)24-12-21(8-9-26(24)38)22-10-11-33-34-14-22/h3-12,14,16,23,27H,13,15,17H2,1-2H3,(H2,35,36,37,42)/t23?,27-/m0/s1. The van der Waals surface area contributed by atoms with Crippen molar-refractivity contribution in [2.75, 3.05) is 11.9 Å².